The summed E-state index contributed by atoms with van der Waals surface area (Å²) in [5.41, 5.74) is 2.96. The number of aryl methyl sites for hydroxylation is 2. The van der Waals surface area contributed by atoms with Crippen LogP contribution >= 0.6 is 0 Å². The number of nitrogens with one attached hydrogen (secondary N) is 1. The lowest BCUT2D eigenvalue weighted by Crippen LogP contribution is -2.60. The average Bonchev–Trinajstić information content (AvgIpc) is 2.81. The van der Waals surface area contributed by atoms with Crippen LogP contribution in [-0.4, -0.2) is 32.4 Å². The molecular formula is C15H21NO2. The van der Waals surface area contributed by atoms with Crippen molar-refractivity contribution in [2.24, 2.45) is 0 Å². The summed E-state index contributed by atoms with van der Waals surface area (Å²) >= 11 is 0. The van der Waals surface area contributed by atoms with E-state index in [-0.39, 0.29) is 12.2 Å². The molecule has 1 saturated carbocycles. The topological polar surface area (TPSA) is 30.5 Å². The molecule has 98 valence electrons. The molecule has 0 spiro atoms. The normalized spacial score (nSPS) is 29.8. The SMILES string of the molecule is CNC1CC(Oc2ccc3c(c2)CCC3)C1OC. The fourth-order valence-electron chi connectivity index (χ4n) is 3.09. The molecule has 3 atom stereocenters. The van der Waals surface area contributed by atoms with Crippen LogP contribution in [-0.2, 0) is 17.6 Å². The average molecular weight is 247 g/mol. The Morgan fingerprint density at radius 2 is 2.06 bits per heavy atom. The van der Waals surface area contributed by atoms with E-state index >= 15 is 0 Å². The highest BCUT2D eigenvalue weighted by Gasteiger charge is 2.42. The summed E-state index contributed by atoms with van der Waals surface area (Å²) in [5.74, 6) is 0.997. The second kappa shape index (κ2) is 4.90. The van der Waals surface area contributed by atoms with Gasteiger partial charge in [0, 0.05) is 19.6 Å². The molecule has 0 aliphatic heterocycles. The largest absolute Gasteiger partial charge is 0.488 e. The predicted octanol–water partition coefficient (Wildman–Crippen LogP) is 1.93. The molecule has 1 aromatic rings. The maximum atomic E-state index is 6.05. The Balaban J connectivity index is 1.67. The molecule has 0 radical (unpaired) electrons. The summed E-state index contributed by atoms with van der Waals surface area (Å²) in [6, 6.07) is 6.95. The lowest BCUT2D eigenvalue weighted by atomic mass is 9.85. The van der Waals surface area contributed by atoms with Crippen molar-refractivity contribution in [2.75, 3.05) is 14.2 Å². The van der Waals surface area contributed by atoms with Gasteiger partial charge in [-0.25, -0.2) is 0 Å². The van der Waals surface area contributed by atoms with Crippen molar-refractivity contribution in [3.8, 4) is 5.75 Å². The van der Waals surface area contributed by atoms with Crippen LogP contribution in [0.5, 0.6) is 5.75 Å². The second-order valence-electron chi connectivity index (χ2n) is 5.27. The minimum absolute atomic E-state index is 0.170. The van der Waals surface area contributed by atoms with E-state index in [2.05, 4.69) is 23.5 Å². The van der Waals surface area contributed by atoms with Gasteiger partial charge in [0.05, 0.1) is 0 Å². The zero-order valence-corrected chi connectivity index (χ0v) is 11.1. The smallest absolute Gasteiger partial charge is 0.128 e. The molecular weight excluding hydrogens is 226 g/mol. The Hall–Kier alpha value is -1.06. The molecule has 0 bridgehead atoms. The maximum Gasteiger partial charge on any atom is 0.128 e. The Kier molecular flexibility index (Phi) is 3.27. The van der Waals surface area contributed by atoms with Crippen LogP contribution in [0.15, 0.2) is 18.2 Å². The van der Waals surface area contributed by atoms with E-state index < -0.39 is 0 Å². The highest BCUT2D eigenvalue weighted by atomic mass is 16.5. The molecule has 0 heterocycles. The summed E-state index contributed by atoms with van der Waals surface area (Å²) in [6.45, 7) is 0. The van der Waals surface area contributed by atoms with Crippen LogP contribution in [0, 0.1) is 0 Å². The van der Waals surface area contributed by atoms with Gasteiger partial charge in [-0.05, 0) is 49.6 Å². The highest BCUT2D eigenvalue weighted by molar-refractivity contribution is 5.38. The summed E-state index contributed by atoms with van der Waals surface area (Å²) < 4.78 is 11.5. The number of rotatable bonds is 4. The van der Waals surface area contributed by atoms with Crippen molar-refractivity contribution < 1.29 is 9.47 Å². The molecule has 0 saturated heterocycles. The Morgan fingerprint density at radius 1 is 1.22 bits per heavy atom. The van der Waals surface area contributed by atoms with Crippen LogP contribution in [0.4, 0.5) is 0 Å². The van der Waals surface area contributed by atoms with Crippen molar-refractivity contribution >= 4 is 0 Å². The lowest BCUT2D eigenvalue weighted by molar-refractivity contribution is -0.0869. The second-order valence-corrected chi connectivity index (χ2v) is 5.27. The van der Waals surface area contributed by atoms with Crippen molar-refractivity contribution in [3.63, 3.8) is 0 Å². The van der Waals surface area contributed by atoms with Gasteiger partial charge in [0.1, 0.15) is 18.0 Å². The van der Waals surface area contributed by atoms with Crippen LogP contribution in [0.25, 0.3) is 0 Å². The fraction of sp³-hybridized carbons (Fsp3) is 0.600. The number of hydrogen-bond acceptors (Lipinski definition) is 3. The number of benzene rings is 1. The number of methoxy groups -OCH3 is 1. The van der Waals surface area contributed by atoms with Crippen LogP contribution < -0.4 is 10.1 Å². The molecule has 1 fully saturated rings. The molecule has 2 aliphatic rings. The first-order valence-corrected chi connectivity index (χ1v) is 6.80. The Labute approximate surface area is 108 Å². The molecule has 3 unspecified atom stereocenters. The molecule has 0 amide bonds. The lowest BCUT2D eigenvalue weighted by Gasteiger charge is -2.43. The summed E-state index contributed by atoms with van der Waals surface area (Å²) in [4.78, 5) is 0. The van der Waals surface area contributed by atoms with E-state index in [1.165, 1.54) is 30.4 Å². The molecule has 18 heavy (non-hydrogen) atoms. The molecule has 3 rings (SSSR count). The van der Waals surface area contributed by atoms with E-state index in [0.29, 0.717) is 6.04 Å². The monoisotopic (exact) mass is 247 g/mol. The van der Waals surface area contributed by atoms with E-state index in [4.69, 9.17) is 9.47 Å². The van der Waals surface area contributed by atoms with Gasteiger partial charge in [-0.2, -0.15) is 0 Å². The van der Waals surface area contributed by atoms with E-state index in [0.717, 1.165) is 12.2 Å². The summed E-state index contributed by atoms with van der Waals surface area (Å²) in [7, 11) is 3.73. The molecule has 1 aromatic carbocycles. The van der Waals surface area contributed by atoms with Crippen LogP contribution in [0.2, 0.25) is 0 Å². The minimum Gasteiger partial charge on any atom is -0.488 e. The zero-order valence-electron chi connectivity index (χ0n) is 11.1. The standard InChI is InChI=1S/C15H21NO2/c1-16-13-9-14(15(13)17-2)18-12-7-6-10-4-3-5-11(10)8-12/h6-8,13-16H,3-5,9H2,1-2H3. The fourth-order valence-corrected chi connectivity index (χ4v) is 3.09. The first kappa shape index (κ1) is 12.0. The first-order valence-electron chi connectivity index (χ1n) is 6.80. The molecule has 0 aromatic heterocycles. The van der Waals surface area contributed by atoms with E-state index in [9.17, 15) is 0 Å². The summed E-state index contributed by atoms with van der Waals surface area (Å²) in [6.07, 6.45) is 5.08. The maximum absolute atomic E-state index is 6.05. The summed E-state index contributed by atoms with van der Waals surface area (Å²) in [5, 5.41) is 3.25. The van der Waals surface area contributed by atoms with Crippen LogP contribution in [0.1, 0.15) is 24.0 Å². The molecule has 1 N–H and O–H groups in total. The van der Waals surface area contributed by atoms with Gasteiger partial charge in [0.25, 0.3) is 0 Å². The van der Waals surface area contributed by atoms with Gasteiger partial charge >= 0.3 is 0 Å². The molecule has 2 aliphatic carbocycles. The van der Waals surface area contributed by atoms with Gasteiger partial charge in [-0.15, -0.1) is 0 Å². The number of ether oxygens (including phenoxy) is 2. The van der Waals surface area contributed by atoms with Gasteiger partial charge < -0.3 is 14.8 Å². The van der Waals surface area contributed by atoms with Gasteiger partial charge in [-0.1, -0.05) is 6.07 Å². The van der Waals surface area contributed by atoms with Crippen molar-refractivity contribution in [2.45, 2.75) is 43.9 Å². The molecule has 3 nitrogen and oxygen atoms in total. The third kappa shape index (κ3) is 2.02. The zero-order chi connectivity index (χ0) is 12.5. The predicted molar refractivity (Wildman–Crippen MR) is 71.1 cm³/mol. The minimum atomic E-state index is 0.170. The third-order valence-electron chi connectivity index (χ3n) is 4.25. The van der Waals surface area contributed by atoms with Gasteiger partial charge in [-0.3, -0.25) is 0 Å². The van der Waals surface area contributed by atoms with Crippen LogP contribution in [0.3, 0.4) is 0 Å². The quantitative estimate of drug-likeness (QED) is 0.882. The molecule has 3 heteroatoms. The van der Waals surface area contributed by atoms with Crippen molar-refractivity contribution in [3.05, 3.63) is 29.3 Å². The number of likely N-dealkylation sites (N-methyl/N-ethyl adjacent to an activating group) is 1. The Morgan fingerprint density at radius 3 is 2.83 bits per heavy atom. The van der Waals surface area contributed by atoms with Crippen molar-refractivity contribution in [1.82, 2.24) is 5.32 Å². The Bertz CT molecular complexity index is 433. The number of hydrogen-bond donors (Lipinski definition) is 1. The van der Waals surface area contributed by atoms with Crippen molar-refractivity contribution in [1.29, 1.82) is 0 Å². The van der Waals surface area contributed by atoms with Gasteiger partial charge in [0.2, 0.25) is 0 Å². The van der Waals surface area contributed by atoms with E-state index in [1.54, 1.807) is 7.11 Å². The van der Waals surface area contributed by atoms with E-state index in [1.807, 2.05) is 7.05 Å². The highest BCUT2D eigenvalue weighted by Crippen LogP contribution is 2.31. The number of fused-ring (bicyclic) bond motifs is 1. The first-order chi connectivity index (χ1) is 8.81. The third-order valence-corrected chi connectivity index (χ3v) is 4.25. The van der Waals surface area contributed by atoms with Gasteiger partial charge in [0.15, 0.2) is 0 Å².